The number of nitrogens with one attached hydrogen (secondary N) is 1. The summed E-state index contributed by atoms with van der Waals surface area (Å²) in [6.45, 7) is 5.28. The lowest BCUT2D eigenvalue weighted by Crippen LogP contribution is -2.55. The van der Waals surface area contributed by atoms with Crippen molar-refractivity contribution in [2.75, 3.05) is 26.2 Å². The number of hydrogen-bond acceptors (Lipinski definition) is 7. The second-order valence-corrected chi connectivity index (χ2v) is 12.6. The summed E-state index contributed by atoms with van der Waals surface area (Å²) < 4.78 is 13.0. The number of amides is 3. The van der Waals surface area contributed by atoms with Crippen molar-refractivity contribution in [3.63, 3.8) is 0 Å². The third-order valence-electron chi connectivity index (χ3n) is 9.52. The number of aliphatic hydroxyl groups is 1. The predicted molar refractivity (Wildman–Crippen MR) is 168 cm³/mol. The van der Waals surface area contributed by atoms with E-state index in [0.717, 1.165) is 24.8 Å². The molecule has 244 valence electrons. The Hall–Kier alpha value is -3.50. The molecule has 0 radical (unpaired) electrons. The van der Waals surface area contributed by atoms with Crippen LogP contribution in [0.25, 0.3) is 0 Å². The van der Waals surface area contributed by atoms with Crippen LogP contribution in [0.15, 0.2) is 54.6 Å². The molecule has 3 amide bonds. The van der Waals surface area contributed by atoms with Crippen molar-refractivity contribution < 1.29 is 33.8 Å². The molecule has 1 spiro atoms. The molecule has 0 aliphatic carbocycles. The SMILES string of the molecule is CCCCCN1CC=C[C@]23O[C@@H]4/C=C\CCC(=O)N[C@H](C)[C@@H](c5ccccc5)OC(=O)[C@@H]4[C@H]2C(=O)N(CCCCCO)[C@@H]3C1=O. The van der Waals surface area contributed by atoms with Gasteiger partial charge in [0.15, 0.2) is 0 Å². The van der Waals surface area contributed by atoms with E-state index >= 15 is 0 Å². The average molecular weight is 622 g/mol. The number of nitrogens with zero attached hydrogens (tertiary/aromatic N) is 2. The number of unbranched alkanes of at least 4 members (excludes halogenated alkanes) is 4. The first kappa shape index (κ1) is 32.9. The van der Waals surface area contributed by atoms with E-state index in [-0.39, 0.29) is 30.7 Å². The van der Waals surface area contributed by atoms with Crippen molar-refractivity contribution in [3.8, 4) is 0 Å². The van der Waals surface area contributed by atoms with E-state index in [2.05, 4.69) is 12.2 Å². The summed E-state index contributed by atoms with van der Waals surface area (Å²) in [5.41, 5.74) is -0.615. The molecule has 5 rings (SSSR count). The summed E-state index contributed by atoms with van der Waals surface area (Å²) in [5.74, 6) is -3.16. The molecule has 2 N–H and O–H groups in total. The number of likely N-dealkylation sites (tertiary alicyclic amines) is 1. The summed E-state index contributed by atoms with van der Waals surface area (Å²) in [7, 11) is 0. The van der Waals surface area contributed by atoms with Crippen molar-refractivity contribution in [1.82, 2.24) is 15.1 Å². The van der Waals surface area contributed by atoms with E-state index in [0.29, 0.717) is 45.3 Å². The van der Waals surface area contributed by atoms with E-state index in [1.807, 2.05) is 48.6 Å². The Morgan fingerprint density at radius 3 is 2.51 bits per heavy atom. The summed E-state index contributed by atoms with van der Waals surface area (Å²) in [6, 6.07) is 7.83. The Kier molecular flexibility index (Phi) is 10.8. The largest absolute Gasteiger partial charge is 0.455 e. The van der Waals surface area contributed by atoms with E-state index < -0.39 is 47.7 Å². The highest BCUT2D eigenvalue weighted by molar-refractivity contribution is 5.99. The van der Waals surface area contributed by atoms with E-state index in [9.17, 15) is 24.3 Å². The predicted octanol–water partition coefficient (Wildman–Crippen LogP) is 3.46. The van der Waals surface area contributed by atoms with Gasteiger partial charge in [-0.3, -0.25) is 19.2 Å². The summed E-state index contributed by atoms with van der Waals surface area (Å²) in [6.07, 6.45) is 11.2. The molecule has 4 aliphatic rings. The summed E-state index contributed by atoms with van der Waals surface area (Å²) >= 11 is 0. The van der Waals surface area contributed by atoms with E-state index in [4.69, 9.17) is 9.47 Å². The van der Waals surface area contributed by atoms with Crippen LogP contribution in [0.5, 0.6) is 0 Å². The lowest BCUT2D eigenvalue weighted by atomic mass is 9.77. The molecule has 1 aromatic carbocycles. The lowest BCUT2D eigenvalue weighted by Gasteiger charge is -2.35. The minimum absolute atomic E-state index is 0.0588. The first-order chi connectivity index (χ1) is 21.8. The van der Waals surface area contributed by atoms with Gasteiger partial charge in [-0.05, 0) is 44.6 Å². The number of aliphatic hydroxyl groups excluding tert-OH is 1. The van der Waals surface area contributed by atoms with Crippen molar-refractivity contribution in [2.45, 2.75) is 95.1 Å². The maximum Gasteiger partial charge on any atom is 0.313 e. The number of ether oxygens (including phenoxy) is 2. The number of cyclic esters (lactones) is 1. The van der Waals surface area contributed by atoms with Crippen molar-refractivity contribution in [2.24, 2.45) is 11.8 Å². The molecule has 4 heterocycles. The van der Waals surface area contributed by atoms with Gasteiger partial charge in [0.25, 0.3) is 0 Å². The highest BCUT2D eigenvalue weighted by Gasteiger charge is 2.71. The van der Waals surface area contributed by atoms with Crippen molar-refractivity contribution >= 4 is 23.7 Å². The molecule has 0 aromatic heterocycles. The molecule has 2 saturated heterocycles. The van der Waals surface area contributed by atoms with Gasteiger partial charge < -0.3 is 29.7 Å². The standard InChI is InChI=1S/C35H47N3O7/c1-3-4-11-20-37-21-14-19-35-29(32(41)38(31(35)33(37)42)22-12-6-13-23-39)28-26(45-35)17-9-10-18-27(40)36-24(2)30(44-34(28)43)25-15-7-5-8-16-25/h5,7-9,14-17,19,24,26,28-31,39H,3-4,6,10-13,18,20-23H2,1-2H3,(H,36,40)/b17-9-/t24-,26-,28+,29+,30+,31-,35+/m1/s1. The second kappa shape index (κ2) is 14.7. The normalized spacial score (nSPS) is 32.5. The lowest BCUT2D eigenvalue weighted by molar-refractivity contribution is -0.161. The average Bonchev–Trinajstić information content (AvgIpc) is 3.41. The van der Waals surface area contributed by atoms with Crippen LogP contribution in [0.3, 0.4) is 0 Å². The Morgan fingerprint density at radius 2 is 1.76 bits per heavy atom. The van der Waals surface area contributed by atoms with Crippen LogP contribution in [0, 0.1) is 11.8 Å². The molecular formula is C35H47N3O7. The number of allylic oxidation sites excluding steroid dienone is 1. The molecular weight excluding hydrogens is 574 g/mol. The van der Waals surface area contributed by atoms with Crippen molar-refractivity contribution in [1.29, 1.82) is 0 Å². The zero-order valence-corrected chi connectivity index (χ0v) is 26.4. The quantitative estimate of drug-likeness (QED) is 0.233. The number of rotatable bonds is 10. The number of esters is 1. The van der Waals surface area contributed by atoms with Crippen LogP contribution < -0.4 is 5.32 Å². The zero-order valence-electron chi connectivity index (χ0n) is 26.4. The Labute approximate surface area is 265 Å². The molecule has 4 aliphatic heterocycles. The molecule has 7 atom stereocenters. The van der Waals surface area contributed by atoms with Gasteiger partial charge in [-0.25, -0.2) is 0 Å². The van der Waals surface area contributed by atoms with Crippen LogP contribution in [0.1, 0.15) is 76.9 Å². The maximum atomic E-state index is 14.5. The fourth-order valence-electron chi connectivity index (χ4n) is 7.32. The van der Waals surface area contributed by atoms with Crippen LogP contribution in [0.2, 0.25) is 0 Å². The molecule has 1 aromatic rings. The monoisotopic (exact) mass is 621 g/mol. The molecule has 0 unspecified atom stereocenters. The fourth-order valence-corrected chi connectivity index (χ4v) is 7.32. The van der Waals surface area contributed by atoms with E-state index in [1.54, 1.807) is 22.8 Å². The van der Waals surface area contributed by atoms with Gasteiger partial charge in [0.05, 0.1) is 18.1 Å². The molecule has 0 bridgehead atoms. The first-order valence-electron chi connectivity index (χ1n) is 16.6. The number of benzene rings is 1. The van der Waals surface area contributed by atoms with Gasteiger partial charge in [-0.1, -0.05) is 74.4 Å². The number of hydrogen-bond donors (Lipinski definition) is 2. The van der Waals surface area contributed by atoms with Gasteiger partial charge in [0, 0.05) is 32.7 Å². The molecule has 2 fully saturated rings. The second-order valence-electron chi connectivity index (χ2n) is 12.6. The molecule has 10 nitrogen and oxygen atoms in total. The van der Waals surface area contributed by atoms with Crippen LogP contribution in [0.4, 0.5) is 0 Å². The van der Waals surface area contributed by atoms with Gasteiger partial charge in [0.2, 0.25) is 17.7 Å². The van der Waals surface area contributed by atoms with Crippen LogP contribution in [-0.4, -0.2) is 88.6 Å². The minimum atomic E-state index is -1.34. The van der Waals surface area contributed by atoms with Gasteiger partial charge in [-0.2, -0.15) is 0 Å². The van der Waals surface area contributed by atoms with Crippen LogP contribution >= 0.6 is 0 Å². The van der Waals surface area contributed by atoms with Crippen LogP contribution in [-0.2, 0) is 28.7 Å². The molecule has 10 heteroatoms. The number of fused-ring (bicyclic) bond motifs is 2. The smallest absolute Gasteiger partial charge is 0.313 e. The topological polar surface area (TPSA) is 125 Å². The van der Waals surface area contributed by atoms with E-state index in [1.165, 1.54) is 0 Å². The molecule has 0 saturated carbocycles. The number of carbonyl (C=O) groups excluding carboxylic acids is 4. The summed E-state index contributed by atoms with van der Waals surface area (Å²) in [4.78, 5) is 59.3. The Balaban J connectivity index is 1.54. The Bertz CT molecular complexity index is 1280. The van der Waals surface area contributed by atoms with Gasteiger partial charge in [-0.15, -0.1) is 0 Å². The third kappa shape index (κ3) is 6.72. The summed E-state index contributed by atoms with van der Waals surface area (Å²) in [5, 5.41) is 12.3. The van der Waals surface area contributed by atoms with Gasteiger partial charge in [0.1, 0.15) is 23.7 Å². The maximum absolute atomic E-state index is 14.5. The number of carbonyl (C=O) groups is 4. The fraction of sp³-hybridized carbons (Fsp3) is 0.600. The highest BCUT2D eigenvalue weighted by atomic mass is 16.6. The minimum Gasteiger partial charge on any atom is -0.455 e. The molecule has 45 heavy (non-hydrogen) atoms. The third-order valence-corrected chi connectivity index (χ3v) is 9.52. The first-order valence-corrected chi connectivity index (χ1v) is 16.6. The van der Waals surface area contributed by atoms with Crippen molar-refractivity contribution in [3.05, 3.63) is 60.2 Å². The van der Waals surface area contributed by atoms with Gasteiger partial charge >= 0.3 is 5.97 Å². The zero-order chi connectivity index (χ0) is 32.0. The Morgan fingerprint density at radius 1 is 0.978 bits per heavy atom. The highest BCUT2D eigenvalue weighted by Crippen LogP contribution is 2.53.